The Balaban J connectivity index is 0.835. The zero-order chi connectivity index (χ0) is 50.7. The highest BCUT2D eigenvalue weighted by Gasteiger charge is 2.56. The Morgan fingerprint density at radius 2 is 1.11 bits per heavy atom. The summed E-state index contributed by atoms with van der Waals surface area (Å²) < 4.78 is 78.3. The van der Waals surface area contributed by atoms with Gasteiger partial charge in [-0.3, -0.25) is 28.9 Å². The Morgan fingerprint density at radius 3 is 1.60 bits per heavy atom. The summed E-state index contributed by atoms with van der Waals surface area (Å²) in [6, 6.07) is 17.3. The fourth-order valence-electron chi connectivity index (χ4n) is 8.52. The first-order chi connectivity index (χ1) is 35.3. The van der Waals surface area contributed by atoms with Crippen molar-refractivity contribution in [3.63, 3.8) is 0 Å². The van der Waals surface area contributed by atoms with Gasteiger partial charge in [0.15, 0.2) is 46.4 Å². The van der Waals surface area contributed by atoms with Gasteiger partial charge in [-0.2, -0.15) is 0 Å². The summed E-state index contributed by atoms with van der Waals surface area (Å²) in [7, 11) is -10.3. The molecular formula is C45H46N12O14P2. The number of hydrogen-bond donors (Lipinski definition) is 6. The Hall–Kier alpha value is -6.74. The molecule has 12 atom stereocenters. The van der Waals surface area contributed by atoms with Crippen LogP contribution in [0.15, 0.2) is 86.0 Å². The number of phosphoric ester groups is 1. The maximum Gasteiger partial charge on any atom is 0.479 e. The molecule has 4 saturated heterocycles. The SMILES string of the molecule is CCNC(=O)Nc1ncnc2c1ncn2C1O[C@H](COP(=O)(O)OP(=O)(O)CC[C@H]2O[C@@H](n3cnc4c(NC(=O)NCC)ncnc43)C3OC(C#Cc4ccccc4)OC32)C2OC(C#Cc3ccccc3)OC21. The second-order valence-electron chi connectivity index (χ2n) is 16.5. The molecule has 0 bridgehead atoms. The van der Waals surface area contributed by atoms with Crippen LogP contribution in [0.2, 0.25) is 0 Å². The van der Waals surface area contributed by atoms with Crippen molar-refractivity contribution in [2.24, 2.45) is 0 Å². The summed E-state index contributed by atoms with van der Waals surface area (Å²) in [5, 5.41) is 10.5. The molecule has 26 nitrogen and oxygen atoms in total. The van der Waals surface area contributed by atoms with Crippen LogP contribution in [0, 0.1) is 23.7 Å². The lowest BCUT2D eigenvalue weighted by molar-refractivity contribution is -0.129. The topological polar surface area (TPSA) is 318 Å². The number of amides is 4. The number of imidazole rings is 2. The van der Waals surface area contributed by atoms with Gasteiger partial charge in [0.25, 0.3) is 0 Å². The smallest absolute Gasteiger partial charge is 0.349 e. The van der Waals surface area contributed by atoms with Gasteiger partial charge in [0, 0.05) is 24.2 Å². The summed E-state index contributed by atoms with van der Waals surface area (Å²) in [5.41, 5.74) is 2.38. The van der Waals surface area contributed by atoms with Gasteiger partial charge >= 0.3 is 27.5 Å². The Bertz CT molecular complexity index is 3010. The van der Waals surface area contributed by atoms with E-state index in [1.54, 1.807) is 18.4 Å². The molecule has 0 saturated carbocycles. The highest BCUT2D eigenvalue weighted by Crippen LogP contribution is 2.61. The van der Waals surface area contributed by atoms with E-state index in [1.165, 1.54) is 29.9 Å². The number of rotatable bonds is 14. The van der Waals surface area contributed by atoms with E-state index in [4.69, 9.17) is 37.3 Å². The summed E-state index contributed by atoms with van der Waals surface area (Å²) in [4.78, 5) is 72.7. The molecule has 6 aromatic rings. The number of fused-ring (bicyclic) bond motifs is 4. The van der Waals surface area contributed by atoms with Crippen molar-refractivity contribution in [3.05, 3.63) is 97.1 Å². The predicted octanol–water partition coefficient (Wildman–Crippen LogP) is 3.78. The molecule has 28 heteroatoms. The average Bonchev–Trinajstić information content (AvgIpc) is 4.24. The van der Waals surface area contributed by atoms with Crippen molar-refractivity contribution in [3.8, 4) is 23.7 Å². The van der Waals surface area contributed by atoms with Gasteiger partial charge in [-0.15, -0.1) is 0 Å². The van der Waals surface area contributed by atoms with Crippen LogP contribution in [-0.4, -0.2) is 136 Å². The first-order valence-electron chi connectivity index (χ1n) is 22.9. The van der Waals surface area contributed by atoms with E-state index in [0.29, 0.717) is 24.2 Å². The maximum atomic E-state index is 13.7. The fraction of sp³-hybridized carbons (Fsp3) is 0.378. The third-order valence-corrected chi connectivity index (χ3v) is 14.8. The molecule has 0 aliphatic carbocycles. The molecule has 10 rings (SSSR count). The van der Waals surface area contributed by atoms with Crippen LogP contribution in [0.5, 0.6) is 0 Å². The van der Waals surface area contributed by atoms with E-state index in [-0.39, 0.29) is 40.4 Å². The van der Waals surface area contributed by atoms with E-state index in [1.807, 2.05) is 60.7 Å². The van der Waals surface area contributed by atoms with Crippen LogP contribution in [0.25, 0.3) is 22.3 Å². The second-order valence-corrected chi connectivity index (χ2v) is 20.1. The van der Waals surface area contributed by atoms with Gasteiger partial charge in [-0.1, -0.05) is 48.2 Å². The van der Waals surface area contributed by atoms with Crippen molar-refractivity contribution in [2.45, 2.75) is 81.9 Å². The fourth-order valence-corrected chi connectivity index (χ4v) is 11.2. The molecule has 4 aliphatic heterocycles. The molecule has 8 heterocycles. The molecule has 4 aromatic heterocycles. The number of nitrogens with one attached hydrogen (secondary N) is 4. The van der Waals surface area contributed by atoms with Crippen LogP contribution in [0.4, 0.5) is 21.2 Å². The Morgan fingerprint density at radius 1 is 0.644 bits per heavy atom. The van der Waals surface area contributed by atoms with Crippen molar-refractivity contribution >= 4 is 61.4 Å². The normalized spacial score (nSPS) is 26.6. The van der Waals surface area contributed by atoms with Crippen LogP contribution in [0.1, 0.15) is 43.9 Å². The number of urea groups is 2. The average molecular weight is 1040 g/mol. The van der Waals surface area contributed by atoms with E-state index in [0.717, 1.165) is 0 Å². The van der Waals surface area contributed by atoms with Gasteiger partial charge in [-0.25, -0.2) is 48.4 Å². The minimum Gasteiger partial charge on any atom is -0.349 e. The molecule has 0 spiro atoms. The molecule has 4 fully saturated rings. The maximum absolute atomic E-state index is 13.7. The number of carbonyl (C=O) groups excluding carboxylic acids is 2. The predicted molar refractivity (Wildman–Crippen MR) is 254 cm³/mol. The van der Waals surface area contributed by atoms with Crippen LogP contribution in [-0.2, 0) is 46.4 Å². The molecule has 6 N–H and O–H groups in total. The number of ether oxygens (including phenoxy) is 6. The largest absolute Gasteiger partial charge is 0.479 e. The van der Waals surface area contributed by atoms with E-state index < -0.39 is 102 Å². The molecule has 4 amide bonds. The zero-order valence-electron chi connectivity index (χ0n) is 38.7. The molecule has 2 aromatic carbocycles. The van der Waals surface area contributed by atoms with Crippen molar-refractivity contribution < 1.29 is 65.8 Å². The quantitative estimate of drug-likeness (QED) is 0.0668. The van der Waals surface area contributed by atoms with Gasteiger partial charge in [0.1, 0.15) is 43.2 Å². The molecule has 73 heavy (non-hydrogen) atoms. The number of aromatic nitrogens is 8. The number of nitrogens with zero attached hydrogens (tertiary/aromatic N) is 8. The number of hydrogen-bond acceptors (Lipinski definition) is 18. The lowest BCUT2D eigenvalue weighted by Gasteiger charge is -2.22. The summed E-state index contributed by atoms with van der Waals surface area (Å²) in [6.07, 6.45) is -5.50. The second kappa shape index (κ2) is 21.4. The highest BCUT2D eigenvalue weighted by atomic mass is 31.3. The summed E-state index contributed by atoms with van der Waals surface area (Å²) in [6.45, 7) is 3.58. The third kappa shape index (κ3) is 11.1. The van der Waals surface area contributed by atoms with E-state index in [2.05, 4.69) is 74.9 Å². The van der Waals surface area contributed by atoms with Crippen molar-refractivity contribution in [1.29, 1.82) is 0 Å². The van der Waals surface area contributed by atoms with Gasteiger partial charge < -0.3 is 48.8 Å². The molecule has 380 valence electrons. The number of carbonyl (C=O) groups is 2. The van der Waals surface area contributed by atoms with Crippen LogP contribution >= 0.6 is 15.4 Å². The standard InChI is InChI=1S/C45H46N12O14P2/c1-3-46-44(58)54-38-32-40(50-22-48-38)56(24-52-32)42-36-34(67-30(69-36)17-15-26-11-7-5-8-12-26)28(65-42)19-20-72(60,61)71-73(62,63)64-21-29-35-37(70-31(68-35)18-16-27-13-9-6-10-14-27)43(66-29)57-25-53-33-39(49-23-51-41(33)57)55-45(59)47-4-2/h5-14,22-25,28-31,34-37,42-43H,3-4,19-21H2,1-2H3,(H,60,61)(H,62,63)(H2,46,48,50,54,58)(H2,47,49,51,55,59)/t28-,29-,30?,31?,34?,35?,36?,37?,42-,43?/m1/s1. The van der Waals surface area contributed by atoms with Crippen LogP contribution in [0.3, 0.4) is 0 Å². The lowest BCUT2D eigenvalue weighted by Crippen LogP contribution is -2.31. The monoisotopic (exact) mass is 1040 g/mol. The van der Waals surface area contributed by atoms with Gasteiger partial charge in [0.05, 0.1) is 31.5 Å². The molecule has 0 radical (unpaired) electrons. The number of benzene rings is 2. The van der Waals surface area contributed by atoms with Crippen LogP contribution < -0.4 is 21.3 Å². The summed E-state index contributed by atoms with van der Waals surface area (Å²) in [5.74, 6) is 12.2. The third-order valence-electron chi connectivity index (χ3n) is 11.6. The minimum atomic E-state index is -5.33. The Kier molecular flexibility index (Phi) is 14.6. The highest BCUT2D eigenvalue weighted by molar-refractivity contribution is 7.64. The number of phosphoric acid groups is 1. The minimum absolute atomic E-state index is 0.121. The summed E-state index contributed by atoms with van der Waals surface area (Å²) >= 11 is 0. The van der Waals surface area contributed by atoms with Gasteiger partial charge in [0.2, 0.25) is 12.6 Å². The molecular weight excluding hydrogens is 995 g/mol. The van der Waals surface area contributed by atoms with Gasteiger partial charge in [-0.05, 0) is 56.4 Å². The van der Waals surface area contributed by atoms with E-state index >= 15 is 0 Å². The molecule has 4 aliphatic rings. The Labute approximate surface area is 415 Å². The van der Waals surface area contributed by atoms with Crippen molar-refractivity contribution in [2.75, 3.05) is 36.5 Å². The zero-order valence-corrected chi connectivity index (χ0v) is 40.4. The molecule has 9 unspecified atom stereocenters. The first kappa shape index (κ1) is 49.8. The van der Waals surface area contributed by atoms with Crippen molar-refractivity contribution in [1.82, 2.24) is 49.7 Å². The lowest BCUT2D eigenvalue weighted by atomic mass is 10.1. The first-order valence-corrected chi connectivity index (χ1v) is 26.1. The van der Waals surface area contributed by atoms with E-state index in [9.17, 15) is 28.5 Å². The number of anilines is 2.